The maximum absolute atomic E-state index is 11.4. The largest absolute Gasteiger partial charge is 0.478 e. The minimum absolute atomic E-state index is 0.00846. The predicted octanol–water partition coefficient (Wildman–Crippen LogP) is 1.98. The van der Waals surface area contributed by atoms with Gasteiger partial charge < -0.3 is 16.2 Å². The first-order valence-corrected chi connectivity index (χ1v) is 5.37. The second kappa shape index (κ2) is 5.35. The highest BCUT2D eigenvalue weighted by Gasteiger charge is 2.18. The van der Waals surface area contributed by atoms with Crippen molar-refractivity contribution in [2.75, 3.05) is 5.32 Å². The van der Waals surface area contributed by atoms with Crippen molar-refractivity contribution in [3.8, 4) is 0 Å². The molecule has 0 aliphatic rings. The minimum atomic E-state index is -1.24. The van der Waals surface area contributed by atoms with Gasteiger partial charge >= 0.3 is 5.97 Å². The number of benzene rings is 1. The number of nitrogens with one attached hydrogen (secondary N) is 1. The Kier molecular flexibility index (Phi) is 4.34. The summed E-state index contributed by atoms with van der Waals surface area (Å²) in [6.45, 7) is 1.47. The molecule has 7 heteroatoms. The summed E-state index contributed by atoms with van der Waals surface area (Å²) < 4.78 is 0. The second-order valence-corrected chi connectivity index (χ2v) is 4.24. The normalized spacial score (nSPS) is 12.0. The summed E-state index contributed by atoms with van der Waals surface area (Å²) >= 11 is 11.5. The molecule has 1 atom stereocenters. The molecule has 0 radical (unpaired) electrons. The highest BCUT2D eigenvalue weighted by atomic mass is 35.5. The molecular formula is C10H10Cl2N2O3. The van der Waals surface area contributed by atoms with Gasteiger partial charge in [-0.1, -0.05) is 23.2 Å². The van der Waals surface area contributed by atoms with Gasteiger partial charge in [0.1, 0.15) is 0 Å². The molecule has 5 nitrogen and oxygen atoms in total. The predicted molar refractivity (Wildman–Crippen MR) is 65.7 cm³/mol. The summed E-state index contributed by atoms with van der Waals surface area (Å²) in [5.41, 5.74) is 5.17. The van der Waals surface area contributed by atoms with Crippen molar-refractivity contribution < 1.29 is 14.7 Å². The van der Waals surface area contributed by atoms with E-state index in [0.717, 1.165) is 0 Å². The first kappa shape index (κ1) is 13.8. The molecule has 17 heavy (non-hydrogen) atoms. The zero-order valence-electron chi connectivity index (χ0n) is 8.83. The van der Waals surface area contributed by atoms with Crippen LogP contribution < -0.4 is 11.1 Å². The van der Waals surface area contributed by atoms with Crippen molar-refractivity contribution in [1.82, 2.24) is 0 Å². The molecule has 0 aliphatic carbocycles. The van der Waals surface area contributed by atoms with Gasteiger partial charge in [-0.05, 0) is 19.1 Å². The van der Waals surface area contributed by atoms with E-state index in [2.05, 4.69) is 5.32 Å². The fourth-order valence-electron chi connectivity index (χ4n) is 1.11. The van der Waals surface area contributed by atoms with Crippen LogP contribution in [0.5, 0.6) is 0 Å². The minimum Gasteiger partial charge on any atom is -0.478 e. The number of amides is 1. The van der Waals surface area contributed by atoms with Gasteiger partial charge in [0.05, 0.1) is 22.3 Å². The molecule has 4 N–H and O–H groups in total. The number of hydrogen-bond acceptors (Lipinski definition) is 3. The number of carbonyl (C=O) groups is 2. The molecule has 1 rings (SSSR count). The van der Waals surface area contributed by atoms with Crippen LogP contribution in [0.1, 0.15) is 17.3 Å². The number of carboxylic acids is 1. The summed E-state index contributed by atoms with van der Waals surface area (Å²) in [6.07, 6.45) is 0. The lowest BCUT2D eigenvalue weighted by molar-refractivity contribution is -0.117. The van der Waals surface area contributed by atoms with Gasteiger partial charge in [-0.2, -0.15) is 0 Å². The van der Waals surface area contributed by atoms with Crippen LogP contribution in [0.3, 0.4) is 0 Å². The average Bonchev–Trinajstić information content (AvgIpc) is 2.20. The van der Waals surface area contributed by atoms with Gasteiger partial charge in [0.25, 0.3) is 0 Å². The molecule has 0 saturated carbocycles. The Morgan fingerprint density at radius 3 is 2.47 bits per heavy atom. The Bertz CT molecular complexity index is 475. The van der Waals surface area contributed by atoms with E-state index in [0.29, 0.717) is 0 Å². The highest BCUT2D eigenvalue weighted by Crippen LogP contribution is 2.30. The number of anilines is 1. The number of carbonyl (C=O) groups excluding carboxylic acids is 1. The van der Waals surface area contributed by atoms with Gasteiger partial charge in [-0.25, -0.2) is 4.79 Å². The van der Waals surface area contributed by atoms with Crippen molar-refractivity contribution in [2.24, 2.45) is 5.73 Å². The Morgan fingerprint density at radius 2 is 2.00 bits per heavy atom. The van der Waals surface area contributed by atoms with Crippen LogP contribution in [-0.4, -0.2) is 23.0 Å². The van der Waals surface area contributed by atoms with Crippen LogP contribution in [0.25, 0.3) is 0 Å². The fraction of sp³-hybridized carbons (Fsp3) is 0.200. The Morgan fingerprint density at radius 1 is 1.41 bits per heavy atom. The van der Waals surface area contributed by atoms with Gasteiger partial charge in [0.15, 0.2) is 0 Å². The van der Waals surface area contributed by atoms with Crippen molar-refractivity contribution >= 4 is 40.8 Å². The van der Waals surface area contributed by atoms with Crippen LogP contribution >= 0.6 is 23.2 Å². The molecule has 0 aliphatic heterocycles. The lowest BCUT2D eigenvalue weighted by Crippen LogP contribution is -2.33. The highest BCUT2D eigenvalue weighted by molar-refractivity contribution is 6.37. The summed E-state index contributed by atoms with van der Waals surface area (Å²) in [5, 5.41) is 11.5. The van der Waals surface area contributed by atoms with Crippen LogP contribution in [0, 0.1) is 0 Å². The Labute approximate surface area is 108 Å². The summed E-state index contributed by atoms with van der Waals surface area (Å²) in [7, 11) is 0. The molecular weight excluding hydrogens is 267 g/mol. The van der Waals surface area contributed by atoms with Crippen LogP contribution in [0.4, 0.5) is 5.69 Å². The van der Waals surface area contributed by atoms with E-state index in [-0.39, 0.29) is 21.3 Å². The average molecular weight is 277 g/mol. The first-order valence-electron chi connectivity index (χ1n) is 4.61. The molecule has 1 aromatic carbocycles. The first-order chi connectivity index (χ1) is 7.82. The van der Waals surface area contributed by atoms with Crippen molar-refractivity contribution in [1.29, 1.82) is 0 Å². The van der Waals surface area contributed by atoms with E-state index in [9.17, 15) is 9.59 Å². The second-order valence-electron chi connectivity index (χ2n) is 3.39. The van der Waals surface area contributed by atoms with Gasteiger partial charge in [0.2, 0.25) is 5.91 Å². The molecule has 1 aromatic rings. The summed E-state index contributed by atoms with van der Waals surface area (Å²) in [6, 6.07) is 1.77. The summed E-state index contributed by atoms with van der Waals surface area (Å²) in [4.78, 5) is 22.4. The lowest BCUT2D eigenvalue weighted by atomic mass is 10.1. The van der Waals surface area contributed by atoms with E-state index >= 15 is 0 Å². The molecule has 0 spiro atoms. The number of nitrogens with two attached hydrogens (primary N) is 1. The van der Waals surface area contributed by atoms with Crippen LogP contribution in [0.15, 0.2) is 12.1 Å². The maximum Gasteiger partial charge on any atom is 0.337 e. The van der Waals surface area contributed by atoms with E-state index in [1.807, 2.05) is 0 Å². The topological polar surface area (TPSA) is 92.4 Å². The smallest absolute Gasteiger partial charge is 0.337 e. The Hall–Kier alpha value is -1.30. The van der Waals surface area contributed by atoms with Crippen LogP contribution in [0.2, 0.25) is 10.0 Å². The lowest BCUT2D eigenvalue weighted by Gasteiger charge is -2.12. The number of hydrogen-bond donors (Lipinski definition) is 3. The quantitative estimate of drug-likeness (QED) is 0.787. The van der Waals surface area contributed by atoms with E-state index in [1.54, 1.807) is 0 Å². The third kappa shape index (κ3) is 3.33. The molecule has 0 bridgehead atoms. The number of aromatic carboxylic acids is 1. The van der Waals surface area contributed by atoms with Crippen molar-refractivity contribution in [2.45, 2.75) is 13.0 Å². The van der Waals surface area contributed by atoms with Crippen molar-refractivity contribution in [3.05, 3.63) is 27.7 Å². The molecule has 0 unspecified atom stereocenters. The van der Waals surface area contributed by atoms with Gasteiger partial charge in [-0.15, -0.1) is 0 Å². The standard InChI is InChI=1S/C10H10Cl2N2O3/c1-4(13)9(15)14-8-6(10(16)17)2-5(11)3-7(8)12/h2-4H,13H2,1H3,(H,14,15)(H,16,17)/t4-/m0/s1. The zero-order valence-corrected chi connectivity index (χ0v) is 10.3. The van der Waals surface area contributed by atoms with Crippen molar-refractivity contribution in [3.63, 3.8) is 0 Å². The van der Waals surface area contributed by atoms with Gasteiger partial charge in [-0.3, -0.25) is 4.79 Å². The monoisotopic (exact) mass is 276 g/mol. The van der Waals surface area contributed by atoms with E-state index < -0.39 is 17.9 Å². The third-order valence-electron chi connectivity index (χ3n) is 1.95. The number of rotatable bonds is 3. The third-order valence-corrected chi connectivity index (χ3v) is 2.46. The number of halogens is 2. The molecule has 0 fully saturated rings. The molecule has 0 aromatic heterocycles. The summed E-state index contributed by atoms with van der Waals surface area (Å²) in [5.74, 6) is -1.77. The maximum atomic E-state index is 11.4. The van der Waals surface area contributed by atoms with E-state index in [4.69, 9.17) is 34.0 Å². The van der Waals surface area contributed by atoms with Gasteiger partial charge in [0, 0.05) is 5.02 Å². The Balaban J connectivity index is 3.22. The molecule has 92 valence electrons. The molecule has 0 saturated heterocycles. The van der Waals surface area contributed by atoms with E-state index in [1.165, 1.54) is 19.1 Å². The zero-order chi connectivity index (χ0) is 13.2. The molecule has 0 heterocycles. The van der Waals surface area contributed by atoms with Crippen LogP contribution in [-0.2, 0) is 4.79 Å². The fourth-order valence-corrected chi connectivity index (χ4v) is 1.65. The number of carboxylic acid groups (broad SMARTS) is 1. The SMILES string of the molecule is C[C@H](N)C(=O)Nc1c(Cl)cc(Cl)cc1C(=O)O. The molecule has 1 amide bonds.